The Balaban J connectivity index is 1.26. The molecule has 1 fully saturated rings. The maximum atomic E-state index is 6.19. The van der Waals surface area contributed by atoms with Gasteiger partial charge in [-0.15, -0.1) is 0 Å². The van der Waals surface area contributed by atoms with Crippen LogP contribution in [0, 0.1) is 0 Å². The number of nitrogens with zero attached hydrogens (tertiary/aromatic N) is 6. The largest absolute Gasteiger partial charge is 0.489 e. The van der Waals surface area contributed by atoms with E-state index < -0.39 is 0 Å². The van der Waals surface area contributed by atoms with Gasteiger partial charge in [-0.05, 0) is 62.3 Å². The predicted molar refractivity (Wildman–Crippen MR) is 140 cm³/mol. The highest BCUT2D eigenvalue weighted by Gasteiger charge is 2.18. The van der Waals surface area contributed by atoms with Crippen LogP contribution in [-0.2, 0) is 0 Å². The van der Waals surface area contributed by atoms with Gasteiger partial charge in [0.25, 0.3) is 0 Å². The molecule has 10 heteroatoms. The summed E-state index contributed by atoms with van der Waals surface area (Å²) in [4.78, 5) is 26.3. The van der Waals surface area contributed by atoms with Crippen LogP contribution in [0.25, 0.3) is 56.1 Å². The third-order valence-electron chi connectivity index (χ3n) is 6.58. The Morgan fingerprint density at radius 1 is 0.784 bits per heavy atom. The standard InChI is InChI=1S/C27H23N9O/c1-2-22-25(32-20(1)17-13-19(15-30-14-17)37-18-5-10-29-11-6-18)26(36-35-22)27-33-21-7-12-31-23(24(21)34-27)16-3-8-28-9-4-16/h1-4,7-9,12-15,18,29H,5-6,10-11H2,(H,33,34)(H,35,36). The number of ether oxygens (including phenoxy) is 1. The fraction of sp³-hybridized carbons (Fsp3) is 0.185. The molecule has 0 saturated carbocycles. The number of piperidine rings is 1. The van der Waals surface area contributed by atoms with E-state index in [0.29, 0.717) is 11.5 Å². The van der Waals surface area contributed by atoms with Gasteiger partial charge in [0.15, 0.2) is 11.5 Å². The lowest BCUT2D eigenvalue weighted by Crippen LogP contribution is -2.34. The number of aromatic nitrogens is 8. The third kappa shape index (κ3) is 4.07. The Hall–Kier alpha value is -4.70. The third-order valence-corrected chi connectivity index (χ3v) is 6.58. The van der Waals surface area contributed by atoms with Gasteiger partial charge in [0.1, 0.15) is 22.9 Å². The molecule has 6 aromatic heterocycles. The molecule has 0 radical (unpaired) electrons. The van der Waals surface area contributed by atoms with Crippen LogP contribution in [-0.4, -0.2) is 59.3 Å². The molecule has 0 amide bonds. The molecule has 182 valence electrons. The summed E-state index contributed by atoms with van der Waals surface area (Å²) in [6.45, 7) is 1.95. The van der Waals surface area contributed by atoms with Crippen LogP contribution in [0.15, 0.2) is 67.4 Å². The van der Waals surface area contributed by atoms with Crippen LogP contribution >= 0.6 is 0 Å². The normalized spacial score (nSPS) is 14.4. The van der Waals surface area contributed by atoms with Crippen molar-refractivity contribution < 1.29 is 4.74 Å². The molecule has 0 spiro atoms. The summed E-state index contributed by atoms with van der Waals surface area (Å²) in [7, 11) is 0. The molecule has 10 nitrogen and oxygen atoms in total. The first-order valence-corrected chi connectivity index (χ1v) is 12.3. The molecule has 0 atom stereocenters. The molecular formula is C27H23N9O. The highest BCUT2D eigenvalue weighted by atomic mass is 16.5. The Kier molecular flexibility index (Phi) is 5.29. The molecule has 0 aromatic carbocycles. The van der Waals surface area contributed by atoms with Crippen LogP contribution in [0.4, 0.5) is 0 Å². The van der Waals surface area contributed by atoms with E-state index in [1.165, 1.54) is 0 Å². The minimum Gasteiger partial charge on any atom is -0.489 e. The quantitative estimate of drug-likeness (QED) is 0.329. The smallest absolute Gasteiger partial charge is 0.161 e. The fourth-order valence-corrected chi connectivity index (χ4v) is 4.72. The number of nitrogens with one attached hydrogen (secondary N) is 3. The van der Waals surface area contributed by atoms with E-state index in [4.69, 9.17) is 14.7 Å². The maximum absolute atomic E-state index is 6.19. The Morgan fingerprint density at radius 2 is 1.65 bits per heavy atom. The Bertz CT molecular complexity index is 1700. The van der Waals surface area contributed by atoms with Crippen molar-refractivity contribution in [2.75, 3.05) is 13.1 Å². The van der Waals surface area contributed by atoms with E-state index in [9.17, 15) is 0 Å². The van der Waals surface area contributed by atoms with Crippen molar-refractivity contribution in [2.45, 2.75) is 18.9 Å². The fourth-order valence-electron chi connectivity index (χ4n) is 4.72. The van der Waals surface area contributed by atoms with Crippen molar-refractivity contribution in [3.05, 3.63) is 67.4 Å². The zero-order valence-electron chi connectivity index (χ0n) is 19.8. The van der Waals surface area contributed by atoms with Gasteiger partial charge in [-0.2, -0.15) is 5.10 Å². The molecule has 1 saturated heterocycles. The number of imidazole rings is 1. The van der Waals surface area contributed by atoms with Gasteiger partial charge >= 0.3 is 0 Å². The highest BCUT2D eigenvalue weighted by Crippen LogP contribution is 2.31. The summed E-state index contributed by atoms with van der Waals surface area (Å²) < 4.78 is 6.19. The molecule has 1 aliphatic rings. The van der Waals surface area contributed by atoms with Gasteiger partial charge in [-0.1, -0.05) is 0 Å². The second kappa shape index (κ2) is 9.07. The minimum atomic E-state index is 0.203. The molecule has 0 unspecified atom stereocenters. The summed E-state index contributed by atoms with van der Waals surface area (Å²) in [5.41, 5.74) is 7.23. The first kappa shape index (κ1) is 21.6. The van der Waals surface area contributed by atoms with Crippen molar-refractivity contribution in [3.8, 4) is 39.8 Å². The molecule has 7 heterocycles. The van der Waals surface area contributed by atoms with Crippen molar-refractivity contribution in [3.63, 3.8) is 0 Å². The number of hydrogen-bond acceptors (Lipinski definition) is 8. The van der Waals surface area contributed by atoms with E-state index in [0.717, 1.165) is 76.3 Å². The lowest BCUT2D eigenvalue weighted by Gasteiger charge is -2.23. The molecule has 0 bridgehead atoms. The topological polar surface area (TPSA) is 130 Å². The summed E-state index contributed by atoms with van der Waals surface area (Å²) in [5, 5.41) is 11.0. The Labute approximate surface area is 211 Å². The molecular weight excluding hydrogens is 466 g/mol. The van der Waals surface area contributed by atoms with E-state index in [2.05, 4.69) is 35.5 Å². The lowest BCUT2D eigenvalue weighted by molar-refractivity contribution is 0.162. The van der Waals surface area contributed by atoms with Crippen LogP contribution < -0.4 is 10.1 Å². The SMILES string of the molecule is c1cc(-c2nccc3[nH]c(-c4n[nH]c5ccc(-c6cncc(OC7CCNCC7)c6)nc45)nc23)ccn1. The number of fused-ring (bicyclic) bond motifs is 2. The van der Waals surface area contributed by atoms with Gasteiger partial charge in [0, 0.05) is 35.9 Å². The van der Waals surface area contributed by atoms with Gasteiger partial charge in [-0.25, -0.2) is 9.97 Å². The summed E-state index contributed by atoms with van der Waals surface area (Å²) in [6.07, 6.45) is 11.0. The number of H-pyrrole nitrogens is 2. The second-order valence-electron chi connectivity index (χ2n) is 9.02. The van der Waals surface area contributed by atoms with Crippen LogP contribution in [0.5, 0.6) is 5.75 Å². The number of hydrogen-bond donors (Lipinski definition) is 3. The molecule has 37 heavy (non-hydrogen) atoms. The number of rotatable bonds is 5. The zero-order chi connectivity index (χ0) is 24.6. The molecule has 7 rings (SSSR count). The second-order valence-corrected chi connectivity index (χ2v) is 9.02. The van der Waals surface area contributed by atoms with Crippen LogP contribution in [0.3, 0.4) is 0 Å². The van der Waals surface area contributed by atoms with E-state index >= 15 is 0 Å². The molecule has 3 N–H and O–H groups in total. The maximum Gasteiger partial charge on any atom is 0.161 e. The predicted octanol–water partition coefficient (Wildman–Crippen LogP) is 4.15. The first-order valence-electron chi connectivity index (χ1n) is 12.3. The number of aromatic amines is 2. The van der Waals surface area contributed by atoms with Gasteiger partial charge in [-0.3, -0.25) is 20.1 Å². The number of pyridine rings is 4. The highest BCUT2D eigenvalue weighted by molar-refractivity contribution is 5.95. The van der Waals surface area contributed by atoms with Crippen molar-refractivity contribution in [2.24, 2.45) is 0 Å². The average Bonchev–Trinajstić information content (AvgIpc) is 3.58. The van der Waals surface area contributed by atoms with E-state index in [1.807, 2.05) is 36.4 Å². The summed E-state index contributed by atoms with van der Waals surface area (Å²) in [5.74, 6) is 1.38. The lowest BCUT2D eigenvalue weighted by atomic mass is 10.1. The molecule has 1 aliphatic heterocycles. The van der Waals surface area contributed by atoms with Crippen molar-refractivity contribution in [1.29, 1.82) is 0 Å². The Morgan fingerprint density at radius 3 is 2.54 bits per heavy atom. The average molecular weight is 490 g/mol. The van der Waals surface area contributed by atoms with E-state index in [-0.39, 0.29) is 6.10 Å². The van der Waals surface area contributed by atoms with E-state index in [1.54, 1.807) is 31.0 Å². The van der Waals surface area contributed by atoms with Crippen LogP contribution in [0.1, 0.15) is 12.8 Å². The van der Waals surface area contributed by atoms with Gasteiger partial charge < -0.3 is 15.0 Å². The molecule has 0 aliphatic carbocycles. The van der Waals surface area contributed by atoms with Crippen molar-refractivity contribution in [1.82, 2.24) is 45.4 Å². The van der Waals surface area contributed by atoms with Crippen molar-refractivity contribution >= 4 is 22.1 Å². The van der Waals surface area contributed by atoms with Crippen LogP contribution in [0.2, 0.25) is 0 Å². The molecule has 6 aromatic rings. The summed E-state index contributed by atoms with van der Waals surface area (Å²) in [6, 6.07) is 11.7. The minimum absolute atomic E-state index is 0.203. The summed E-state index contributed by atoms with van der Waals surface area (Å²) >= 11 is 0. The van der Waals surface area contributed by atoms with Gasteiger partial charge in [0.2, 0.25) is 0 Å². The monoisotopic (exact) mass is 489 g/mol. The van der Waals surface area contributed by atoms with Gasteiger partial charge in [0.05, 0.1) is 28.6 Å². The first-order chi connectivity index (χ1) is 18.3. The zero-order valence-corrected chi connectivity index (χ0v) is 19.8.